The largest absolute Gasteiger partial charge is 0.383 e. The molecule has 18 heavy (non-hydrogen) atoms. The smallest absolute Gasteiger partial charge is 0.254 e. The van der Waals surface area contributed by atoms with Crippen molar-refractivity contribution in [2.45, 2.75) is 12.5 Å². The molecule has 0 heterocycles. The first-order valence-electron chi connectivity index (χ1n) is 5.54. The third-order valence-electron chi connectivity index (χ3n) is 2.41. The molecule has 0 spiro atoms. The summed E-state index contributed by atoms with van der Waals surface area (Å²) in [5.74, 6) is -2.88. The van der Waals surface area contributed by atoms with E-state index in [9.17, 15) is 13.6 Å². The van der Waals surface area contributed by atoms with E-state index in [2.05, 4.69) is 5.32 Å². The standard InChI is InChI=1S/C12H16F2N2O2/c1-18-7-8(5-6-15)16-12(17)9-3-2-4-10(13)11(9)14/h2-4,8H,5-7,15H2,1H3,(H,16,17). The Morgan fingerprint density at radius 3 is 2.83 bits per heavy atom. The SMILES string of the molecule is COCC(CCN)NC(=O)c1cccc(F)c1F. The molecule has 4 nitrogen and oxygen atoms in total. The van der Waals surface area contributed by atoms with Gasteiger partial charge in [-0.1, -0.05) is 6.07 Å². The van der Waals surface area contributed by atoms with Crippen LogP contribution in [-0.4, -0.2) is 32.2 Å². The Labute approximate surface area is 104 Å². The third kappa shape index (κ3) is 3.75. The predicted octanol–water partition coefficient (Wildman–Crippen LogP) is 1.06. The van der Waals surface area contributed by atoms with E-state index in [0.29, 0.717) is 13.0 Å². The van der Waals surface area contributed by atoms with E-state index in [-0.39, 0.29) is 18.2 Å². The van der Waals surface area contributed by atoms with Crippen LogP contribution in [0.1, 0.15) is 16.8 Å². The average Bonchev–Trinajstić information content (AvgIpc) is 2.33. The lowest BCUT2D eigenvalue weighted by atomic mass is 10.1. The van der Waals surface area contributed by atoms with Crippen LogP contribution in [0.3, 0.4) is 0 Å². The van der Waals surface area contributed by atoms with Crippen LogP contribution in [-0.2, 0) is 4.74 Å². The fourth-order valence-corrected chi connectivity index (χ4v) is 1.54. The molecule has 3 N–H and O–H groups in total. The number of nitrogens with two attached hydrogens (primary N) is 1. The molecule has 1 rings (SSSR count). The van der Waals surface area contributed by atoms with Crippen LogP contribution in [0.15, 0.2) is 18.2 Å². The van der Waals surface area contributed by atoms with Crippen LogP contribution < -0.4 is 11.1 Å². The topological polar surface area (TPSA) is 64.3 Å². The quantitative estimate of drug-likeness (QED) is 0.802. The molecule has 0 bridgehead atoms. The van der Waals surface area contributed by atoms with Crippen molar-refractivity contribution in [1.82, 2.24) is 5.32 Å². The molecule has 1 amide bonds. The number of rotatable bonds is 6. The minimum Gasteiger partial charge on any atom is -0.383 e. The van der Waals surface area contributed by atoms with Crippen molar-refractivity contribution in [1.29, 1.82) is 0 Å². The van der Waals surface area contributed by atoms with Crippen molar-refractivity contribution in [3.8, 4) is 0 Å². The number of nitrogens with one attached hydrogen (secondary N) is 1. The summed E-state index contributed by atoms with van der Waals surface area (Å²) in [6.07, 6.45) is 0.497. The van der Waals surface area contributed by atoms with Crippen LogP contribution in [0, 0.1) is 11.6 Å². The zero-order valence-corrected chi connectivity index (χ0v) is 10.1. The molecule has 0 radical (unpaired) electrons. The summed E-state index contributed by atoms with van der Waals surface area (Å²) < 4.78 is 31.3. The van der Waals surface area contributed by atoms with Crippen molar-refractivity contribution in [2.75, 3.05) is 20.3 Å². The number of benzene rings is 1. The lowest BCUT2D eigenvalue weighted by Gasteiger charge is -2.17. The molecule has 0 saturated heterocycles. The Hall–Kier alpha value is -1.53. The minimum absolute atomic E-state index is 0.264. The Bertz CT molecular complexity index is 407. The maximum absolute atomic E-state index is 13.4. The first-order valence-corrected chi connectivity index (χ1v) is 5.54. The van der Waals surface area contributed by atoms with E-state index in [1.807, 2.05) is 0 Å². The fraction of sp³-hybridized carbons (Fsp3) is 0.417. The second-order valence-electron chi connectivity index (χ2n) is 3.80. The van der Waals surface area contributed by atoms with E-state index in [1.54, 1.807) is 0 Å². The highest BCUT2D eigenvalue weighted by molar-refractivity contribution is 5.94. The highest BCUT2D eigenvalue weighted by Gasteiger charge is 2.18. The molecule has 0 saturated carbocycles. The summed E-state index contributed by atoms with van der Waals surface area (Å²) in [6.45, 7) is 0.625. The van der Waals surface area contributed by atoms with Crippen molar-refractivity contribution >= 4 is 5.91 Å². The van der Waals surface area contributed by atoms with Gasteiger partial charge in [-0.15, -0.1) is 0 Å². The van der Waals surface area contributed by atoms with Gasteiger partial charge >= 0.3 is 0 Å². The van der Waals surface area contributed by atoms with Crippen LogP contribution in [0.5, 0.6) is 0 Å². The molecule has 0 fully saturated rings. The highest BCUT2D eigenvalue weighted by Crippen LogP contribution is 2.11. The molecule has 1 atom stereocenters. The number of hydrogen-bond donors (Lipinski definition) is 2. The number of carbonyl (C=O) groups is 1. The van der Waals surface area contributed by atoms with Crippen molar-refractivity contribution in [3.63, 3.8) is 0 Å². The van der Waals surface area contributed by atoms with Crippen molar-refractivity contribution in [2.24, 2.45) is 5.73 Å². The zero-order valence-electron chi connectivity index (χ0n) is 10.1. The Kier molecular flexibility index (Phi) is 5.67. The van der Waals surface area contributed by atoms with E-state index in [0.717, 1.165) is 6.07 Å². The van der Waals surface area contributed by atoms with Gasteiger partial charge in [0.25, 0.3) is 5.91 Å². The normalized spacial score (nSPS) is 12.2. The molecule has 0 aliphatic rings. The van der Waals surface area contributed by atoms with Gasteiger partial charge in [-0.05, 0) is 25.1 Å². The predicted molar refractivity (Wildman–Crippen MR) is 63.2 cm³/mol. The molecule has 0 aliphatic carbocycles. The van der Waals surface area contributed by atoms with E-state index in [4.69, 9.17) is 10.5 Å². The third-order valence-corrected chi connectivity index (χ3v) is 2.41. The highest BCUT2D eigenvalue weighted by atomic mass is 19.2. The van der Waals surface area contributed by atoms with E-state index >= 15 is 0 Å². The van der Waals surface area contributed by atoms with Gasteiger partial charge in [-0.2, -0.15) is 0 Å². The van der Waals surface area contributed by atoms with Gasteiger partial charge in [0, 0.05) is 7.11 Å². The van der Waals surface area contributed by atoms with Gasteiger partial charge in [-0.3, -0.25) is 4.79 Å². The van der Waals surface area contributed by atoms with Gasteiger partial charge in [-0.25, -0.2) is 8.78 Å². The molecular weight excluding hydrogens is 242 g/mol. The Balaban J connectivity index is 2.77. The summed E-state index contributed by atoms with van der Waals surface area (Å²) >= 11 is 0. The second kappa shape index (κ2) is 7.03. The fourth-order valence-electron chi connectivity index (χ4n) is 1.54. The molecule has 1 aromatic carbocycles. The van der Waals surface area contributed by atoms with Crippen LogP contribution in [0.25, 0.3) is 0 Å². The molecule has 0 aromatic heterocycles. The van der Waals surface area contributed by atoms with Gasteiger partial charge < -0.3 is 15.8 Å². The van der Waals surface area contributed by atoms with Crippen LogP contribution in [0.4, 0.5) is 8.78 Å². The molecule has 0 aliphatic heterocycles. The van der Waals surface area contributed by atoms with Crippen molar-refractivity contribution < 1.29 is 18.3 Å². The zero-order chi connectivity index (χ0) is 13.5. The summed E-state index contributed by atoms with van der Waals surface area (Å²) in [4.78, 5) is 11.8. The Morgan fingerprint density at radius 2 is 2.22 bits per heavy atom. The van der Waals surface area contributed by atoms with Crippen molar-refractivity contribution in [3.05, 3.63) is 35.4 Å². The summed E-state index contributed by atoms with van der Waals surface area (Å²) in [7, 11) is 1.48. The first-order chi connectivity index (χ1) is 8.60. The summed E-state index contributed by atoms with van der Waals surface area (Å²) in [6, 6.07) is 3.13. The van der Waals surface area contributed by atoms with E-state index in [1.165, 1.54) is 19.2 Å². The number of hydrogen-bond acceptors (Lipinski definition) is 3. The maximum Gasteiger partial charge on any atom is 0.254 e. The minimum atomic E-state index is -1.15. The molecule has 100 valence electrons. The van der Waals surface area contributed by atoms with Gasteiger partial charge in [0.05, 0.1) is 18.2 Å². The van der Waals surface area contributed by atoms with Crippen LogP contribution >= 0.6 is 0 Å². The first kappa shape index (κ1) is 14.5. The molecule has 1 unspecified atom stereocenters. The number of halogens is 2. The Morgan fingerprint density at radius 1 is 1.50 bits per heavy atom. The van der Waals surface area contributed by atoms with Gasteiger partial charge in [0.2, 0.25) is 0 Å². The molecular formula is C12H16F2N2O2. The average molecular weight is 258 g/mol. The number of amides is 1. The summed E-state index contributed by atoms with van der Waals surface area (Å²) in [5, 5.41) is 2.55. The monoisotopic (exact) mass is 258 g/mol. The molecule has 6 heteroatoms. The molecule has 1 aromatic rings. The number of methoxy groups -OCH3 is 1. The number of ether oxygens (including phenoxy) is 1. The van der Waals surface area contributed by atoms with Crippen LogP contribution in [0.2, 0.25) is 0 Å². The van der Waals surface area contributed by atoms with E-state index < -0.39 is 17.5 Å². The second-order valence-corrected chi connectivity index (χ2v) is 3.80. The lowest BCUT2D eigenvalue weighted by molar-refractivity contribution is 0.0888. The van der Waals surface area contributed by atoms with Gasteiger partial charge in [0.1, 0.15) is 0 Å². The number of carbonyl (C=O) groups excluding carboxylic acids is 1. The van der Waals surface area contributed by atoms with Gasteiger partial charge in [0.15, 0.2) is 11.6 Å². The maximum atomic E-state index is 13.4. The summed E-state index contributed by atoms with van der Waals surface area (Å²) in [5.41, 5.74) is 5.06. The lowest BCUT2D eigenvalue weighted by Crippen LogP contribution is -2.39.